The number of ether oxygens (including phenoxy) is 1. The smallest absolute Gasteiger partial charge is 0.274 e. The van der Waals surface area contributed by atoms with Crippen molar-refractivity contribution < 1.29 is 14.3 Å². The fourth-order valence-corrected chi connectivity index (χ4v) is 4.26. The van der Waals surface area contributed by atoms with E-state index in [2.05, 4.69) is 27.0 Å². The molecule has 1 aromatic carbocycles. The lowest BCUT2D eigenvalue weighted by molar-refractivity contribution is -0.137. The molecule has 0 saturated carbocycles. The van der Waals surface area contributed by atoms with E-state index < -0.39 is 0 Å². The number of aromatic nitrogens is 2. The highest BCUT2D eigenvalue weighted by Crippen LogP contribution is 2.23. The molecule has 1 atom stereocenters. The van der Waals surface area contributed by atoms with Gasteiger partial charge in [-0.3, -0.25) is 14.6 Å². The lowest BCUT2D eigenvalue weighted by Gasteiger charge is -2.39. The number of rotatable bonds is 4. The minimum absolute atomic E-state index is 0.144. The summed E-state index contributed by atoms with van der Waals surface area (Å²) in [6.45, 7) is 5.93. The monoisotopic (exact) mass is 423 g/mol. The number of anilines is 1. The van der Waals surface area contributed by atoms with E-state index in [0.29, 0.717) is 31.9 Å². The summed E-state index contributed by atoms with van der Waals surface area (Å²) in [5.74, 6) is 0.699. The second-order valence-electron chi connectivity index (χ2n) is 8.14. The predicted molar refractivity (Wildman–Crippen MR) is 117 cm³/mol. The molecule has 2 fully saturated rings. The number of amides is 2. The average Bonchev–Trinajstić information content (AvgIpc) is 2.84. The topological polar surface area (TPSA) is 78.9 Å². The first kappa shape index (κ1) is 21.1. The molecule has 8 heteroatoms. The van der Waals surface area contributed by atoms with Crippen LogP contribution in [0.25, 0.3) is 0 Å². The van der Waals surface area contributed by atoms with Crippen molar-refractivity contribution in [2.75, 3.05) is 51.3 Å². The van der Waals surface area contributed by atoms with Crippen molar-refractivity contribution in [1.82, 2.24) is 19.8 Å². The summed E-state index contributed by atoms with van der Waals surface area (Å²) in [7, 11) is 1.66. The van der Waals surface area contributed by atoms with Crippen LogP contribution in [0.4, 0.5) is 5.69 Å². The molecule has 0 N–H and O–H groups in total. The van der Waals surface area contributed by atoms with E-state index in [0.717, 1.165) is 43.1 Å². The normalized spacial score (nSPS) is 19.3. The van der Waals surface area contributed by atoms with Gasteiger partial charge in [0.15, 0.2) is 0 Å². The Morgan fingerprint density at radius 3 is 2.35 bits per heavy atom. The maximum atomic E-state index is 13.2. The van der Waals surface area contributed by atoms with Gasteiger partial charge in [0.05, 0.1) is 24.9 Å². The molecule has 2 aromatic rings. The SMILES string of the molecule is COc1ccc(N2CCN(C(=O)C3CCCN(C(=O)c4cnc(C)cn4)C3)CC2)cc1. The molecular weight excluding hydrogens is 394 g/mol. The van der Waals surface area contributed by atoms with Gasteiger partial charge in [0.25, 0.3) is 5.91 Å². The summed E-state index contributed by atoms with van der Waals surface area (Å²) in [5, 5.41) is 0. The molecule has 3 heterocycles. The van der Waals surface area contributed by atoms with Crippen LogP contribution in [0.1, 0.15) is 29.0 Å². The number of piperazine rings is 1. The van der Waals surface area contributed by atoms with Crippen molar-refractivity contribution >= 4 is 17.5 Å². The van der Waals surface area contributed by atoms with E-state index in [9.17, 15) is 9.59 Å². The molecule has 2 saturated heterocycles. The van der Waals surface area contributed by atoms with E-state index in [1.54, 1.807) is 18.2 Å². The number of carbonyl (C=O) groups excluding carboxylic acids is 2. The number of piperidine rings is 1. The maximum Gasteiger partial charge on any atom is 0.274 e. The molecule has 164 valence electrons. The molecule has 2 aliphatic rings. The zero-order chi connectivity index (χ0) is 21.8. The quantitative estimate of drug-likeness (QED) is 0.749. The van der Waals surface area contributed by atoms with Gasteiger partial charge in [-0.15, -0.1) is 0 Å². The molecule has 31 heavy (non-hydrogen) atoms. The minimum Gasteiger partial charge on any atom is -0.497 e. The van der Waals surface area contributed by atoms with E-state index in [1.165, 1.54) is 6.20 Å². The second kappa shape index (κ2) is 9.32. The van der Waals surface area contributed by atoms with Crippen LogP contribution in [0.5, 0.6) is 5.75 Å². The average molecular weight is 424 g/mol. The molecule has 1 unspecified atom stereocenters. The van der Waals surface area contributed by atoms with E-state index in [1.807, 2.05) is 24.0 Å². The summed E-state index contributed by atoms with van der Waals surface area (Å²) in [5.41, 5.74) is 2.25. The van der Waals surface area contributed by atoms with Crippen LogP contribution in [0.15, 0.2) is 36.7 Å². The van der Waals surface area contributed by atoms with E-state index in [-0.39, 0.29) is 17.7 Å². The van der Waals surface area contributed by atoms with Gasteiger partial charge in [0.2, 0.25) is 5.91 Å². The highest BCUT2D eigenvalue weighted by Gasteiger charge is 2.33. The maximum absolute atomic E-state index is 13.2. The van der Waals surface area contributed by atoms with Gasteiger partial charge in [-0.25, -0.2) is 4.98 Å². The van der Waals surface area contributed by atoms with Crippen molar-refractivity contribution in [3.8, 4) is 5.75 Å². The second-order valence-corrected chi connectivity index (χ2v) is 8.14. The standard InChI is InChI=1S/C23H29N5O3/c1-17-14-25-21(15-24-17)23(30)28-9-3-4-18(16-28)22(29)27-12-10-26(11-13-27)19-5-7-20(31-2)8-6-19/h5-8,14-15,18H,3-4,9-13,16H2,1-2H3. The first-order valence-electron chi connectivity index (χ1n) is 10.8. The Balaban J connectivity index is 1.33. The van der Waals surface area contributed by atoms with Gasteiger partial charge < -0.3 is 19.4 Å². The number of carbonyl (C=O) groups is 2. The van der Waals surface area contributed by atoms with Crippen molar-refractivity contribution in [2.45, 2.75) is 19.8 Å². The van der Waals surface area contributed by atoms with E-state index >= 15 is 0 Å². The third kappa shape index (κ3) is 4.78. The number of methoxy groups -OCH3 is 1. The van der Waals surface area contributed by atoms with E-state index in [4.69, 9.17) is 4.74 Å². The molecule has 2 amide bonds. The molecule has 0 aliphatic carbocycles. The van der Waals surface area contributed by atoms with Crippen LogP contribution in [0.3, 0.4) is 0 Å². The summed E-state index contributed by atoms with van der Waals surface area (Å²) in [4.78, 5) is 40.3. The first-order chi connectivity index (χ1) is 15.0. The Morgan fingerprint density at radius 2 is 1.71 bits per heavy atom. The summed E-state index contributed by atoms with van der Waals surface area (Å²) in [6, 6.07) is 8.02. The number of hydrogen-bond donors (Lipinski definition) is 0. The van der Waals surface area contributed by atoms with Crippen molar-refractivity contribution in [3.63, 3.8) is 0 Å². The fraction of sp³-hybridized carbons (Fsp3) is 0.478. The molecule has 0 bridgehead atoms. The van der Waals surface area contributed by atoms with Crippen molar-refractivity contribution in [2.24, 2.45) is 5.92 Å². The third-order valence-electron chi connectivity index (χ3n) is 6.09. The Kier molecular flexibility index (Phi) is 6.34. The zero-order valence-electron chi connectivity index (χ0n) is 18.2. The Hall–Kier alpha value is -3.16. The van der Waals surface area contributed by atoms with Crippen LogP contribution in [-0.4, -0.2) is 78.0 Å². The summed E-state index contributed by atoms with van der Waals surface area (Å²) >= 11 is 0. The van der Waals surface area contributed by atoms with Crippen molar-refractivity contribution in [3.05, 3.63) is 48.0 Å². The van der Waals surface area contributed by atoms with Crippen LogP contribution in [0, 0.1) is 12.8 Å². The molecule has 0 radical (unpaired) electrons. The largest absolute Gasteiger partial charge is 0.497 e. The van der Waals surface area contributed by atoms with Gasteiger partial charge >= 0.3 is 0 Å². The molecule has 8 nitrogen and oxygen atoms in total. The number of aryl methyl sites for hydroxylation is 1. The highest BCUT2D eigenvalue weighted by atomic mass is 16.5. The summed E-state index contributed by atoms with van der Waals surface area (Å²) in [6.07, 6.45) is 4.76. The highest BCUT2D eigenvalue weighted by molar-refractivity contribution is 5.92. The number of hydrogen-bond acceptors (Lipinski definition) is 6. The van der Waals surface area contributed by atoms with Crippen LogP contribution >= 0.6 is 0 Å². The Labute approximate surface area is 182 Å². The van der Waals surface area contributed by atoms with Crippen LogP contribution in [0.2, 0.25) is 0 Å². The van der Waals surface area contributed by atoms with Gasteiger partial charge in [-0.2, -0.15) is 0 Å². The Morgan fingerprint density at radius 1 is 0.968 bits per heavy atom. The molecule has 0 spiro atoms. The number of benzene rings is 1. The zero-order valence-corrected chi connectivity index (χ0v) is 18.2. The lowest BCUT2D eigenvalue weighted by atomic mass is 9.96. The van der Waals surface area contributed by atoms with Crippen molar-refractivity contribution in [1.29, 1.82) is 0 Å². The van der Waals surface area contributed by atoms with Gasteiger partial charge in [-0.1, -0.05) is 0 Å². The van der Waals surface area contributed by atoms with Gasteiger partial charge in [0.1, 0.15) is 11.4 Å². The lowest BCUT2D eigenvalue weighted by Crippen LogP contribution is -2.53. The van der Waals surface area contributed by atoms with Gasteiger partial charge in [-0.05, 0) is 44.0 Å². The summed E-state index contributed by atoms with van der Waals surface area (Å²) < 4.78 is 5.22. The minimum atomic E-state index is -0.149. The fourth-order valence-electron chi connectivity index (χ4n) is 4.26. The van der Waals surface area contributed by atoms with Crippen LogP contribution in [-0.2, 0) is 4.79 Å². The number of nitrogens with zero attached hydrogens (tertiary/aromatic N) is 5. The Bertz CT molecular complexity index is 908. The predicted octanol–water partition coefficient (Wildman–Crippen LogP) is 1.99. The molecular formula is C23H29N5O3. The first-order valence-corrected chi connectivity index (χ1v) is 10.8. The van der Waals surface area contributed by atoms with Gasteiger partial charge in [0, 0.05) is 51.2 Å². The number of likely N-dealkylation sites (tertiary alicyclic amines) is 1. The molecule has 4 rings (SSSR count). The molecule has 2 aliphatic heterocycles. The molecule has 1 aromatic heterocycles. The third-order valence-corrected chi connectivity index (χ3v) is 6.09. The van der Waals surface area contributed by atoms with Crippen LogP contribution < -0.4 is 9.64 Å².